The molecule has 1 N–H and O–H groups in total. The fraction of sp³-hybridized carbons (Fsp3) is 0.611. The van der Waals surface area contributed by atoms with Gasteiger partial charge in [0.2, 0.25) is 5.91 Å². The molecule has 1 aromatic carbocycles. The van der Waals surface area contributed by atoms with E-state index in [9.17, 15) is 4.79 Å². The Balaban J connectivity index is 2.45. The summed E-state index contributed by atoms with van der Waals surface area (Å²) in [6.45, 7) is 10.8. The van der Waals surface area contributed by atoms with Crippen LogP contribution in [0.3, 0.4) is 0 Å². The quantitative estimate of drug-likeness (QED) is 0.801. The van der Waals surface area contributed by atoms with Gasteiger partial charge >= 0.3 is 0 Å². The topological polar surface area (TPSA) is 29.1 Å². The summed E-state index contributed by atoms with van der Waals surface area (Å²) < 4.78 is 0. The zero-order valence-corrected chi connectivity index (χ0v) is 13.6. The molecule has 0 saturated heterocycles. The molecule has 0 aliphatic carbocycles. The average molecular weight is 275 g/mol. The second-order valence-electron chi connectivity index (χ2n) is 6.25. The average Bonchev–Trinajstić information content (AvgIpc) is 2.42. The van der Waals surface area contributed by atoms with Crippen LogP contribution in [0.2, 0.25) is 0 Å². The smallest absolute Gasteiger partial charge is 0.220 e. The number of carbonyl (C=O) groups is 1. The molecule has 0 aliphatic rings. The van der Waals surface area contributed by atoms with Gasteiger partial charge in [-0.3, -0.25) is 4.79 Å². The van der Waals surface area contributed by atoms with Crippen LogP contribution >= 0.6 is 0 Å². The highest BCUT2D eigenvalue weighted by Crippen LogP contribution is 2.13. The van der Waals surface area contributed by atoms with Crippen LogP contribution in [0.4, 0.5) is 0 Å². The highest BCUT2D eigenvalue weighted by molar-refractivity contribution is 5.76. The van der Waals surface area contributed by atoms with Crippen molar-refractivity contribution in [2.24, 2.45) is 11.8 Å². The minimum absolute atomic E-state index is 0.164. The Hall–Kier alpha value is -1.31. The lowest BCUT2D eigenvalue weighted by molar-refractivity contribution is -0.122. The maximum Gasteiger partial charge on any atom is 0.220 e. The Morgan fingerprint density at radius 2 is 1.50 bits per heavy atom. The molecule has 0 aliphatic heterocycles. The lowest BCUT2D eigenvalue weighted by Crippen LogP contribution is -2.42. The Morgan fingerprint density at radius 3 is 1.95 bits per heavy atom. The van der Waals surface area contributed by atoms with Crippen LogP contribution in [0.25, 0.3) is 0 Å². The van der Waals surface area contributed by atoms with E-state index in [-0.39, 0.29) is 11.9 Å². The zero-order valence-electron chi connectivity index (χ0n) is 13.6. The number of hydrogen-bond acceptors (Lipinski definition) is 1. The molecule has 0 spiro atoms. The van der Waals surface area contributed by atoms with Crippen molar-refractivity contribution in [3.05, 3.63) is 35.4 Å². The molecular weight excluding hydrogens is 246 g/mol. The van der Waals surface area contributed by atoms with Crippen molar-refractivity contribution in [2.45, 2.75) is 59.9 Å². The van der Waals surface area contributed by atoms with E-state index in [4.69, 9.17) is 0 Å². The van der Waals surface area contributed by atoms with E-state index in [1.54, 1.807) is 0 Å². The number of rotatable bonds is 7. The van der Waals surface area contributed by atoms with E-state index in [2.05, 4.69) is 64.2 Å². The van der Waals surface area contributed by atoms with Gasteiger partial charge in [0.25, 0.3) is 0 Å². The lowest BCUT2D eigenvalue weighted by atomic mass is 9.93. The molecular formula is C18H29NO. The second-order valence-corrected chi connectivity index (χ2v) is 6.25. The van der Waals surface area contributed by atoms with Gasteiger partial charge in [0.15, 0.2) is 0 Å². The van der Waals surface area contributed by atoms with Crippen LogP contribution in [0, 0.1) is 11.8 Å². The molecule has 112 valence electrons. The third-order valence-electron chi connectivity index (χ3n) is 3.84. The van der Waals surface area contributed by atoms with Gasteiger partial charge in [0.05, 0.1) is 0 Å². The van der Waals surface area contributed by atoms with Crippen LogP contribution in [-0.4, -0.2) is 11.9 Å². The molecule has 0 atom stereocenters. The van der Waals surface area contributed by atoms with Crippen molar-refractivity contribution in [1.82, 2.24) is 5.32 Å². The van der Waals surface area contributed by atoms with Crippen molar-refractivity contribution in [3.63, 3.8) is 0 Å². The Kier molecular flexibility index (Phi) is 6.77. The first-order chi connectivity index (χ1) is 9.43. The summed E-state index contributed by atoms with van der Waals surface area (Å²) in [7, 11) is 0. The molecule has 0 heterocycles. The van der Waals surface area contributed by atoms with Crippen LogP contribution < -0.4 is 5.32 Å². The summed E-state index contributed by atoms with van der Waals surface area (Å²) in [5.41, 5.74) is 2.58. The van der Waals surface area contributed by atoms with E-state index in [1.807, 2.05) is 0 Å². The van der Waals surface area contributed by atoms with Gasteiger partial charge in [-0.15, -0.1) is 0 Å². The van der Waals surface area contributed by atoms with E-state index in [0.29, 0.717) is 18.3 Å². The lowest BCUT2D eigenvalue weighted by Gasteiger charge is -2.26. The molecule has 1 aromatic rings. The van der Waals surface area contributed by atoms with Crippen molar-refractivity contribution >= 4 is 5.91 Å². The van der Waals surface area contributed by atoms with E-state index in [0.717, 1.165) is 12.8 Å². The van der Waals surface area contributed by atoms with Gasteiger partial charge < -0.3 is 5.32 Å². The van der Waals surface area contributed by atoms with Crippen molar-refractivity contribution in [3.8, 4) is 0 Å². The molecule has 0 aromatic heterocycles. The zero-order chi connectivity index (χ0) is 15.1. The second kappa shape index (κ2) is 8.08. The van der Waals surface area contributed by atoms with Gasteiger partial charge in [-0.2, -0.15) is 0 Å². The van der Waals surface area contributed by atoms with E-state index >= 15 is 0 Å². The molecule has 0 radical (unpaired) electrons. The van der Waals surface area contributed by atoms with Crippen molar-refractivity contribution < 1.29 is 4.79 Å². The fourth-order valence-corrected chi connectivity index (χ4v) is 2.56. The Morgan fingerprint density at radius 1 is 1.00 bits per heavy atom. The van der Waals surface area contributed by atoms with Crippen LogP contribution in [0.15, 0.2) is 24.3 Å². The highest BCUT2D eigenvalue weighted by atomic mass is 16.1. The predicted octanol–water partition coefficient (Wildman–Crippen LogP) is 3.98. The number of carbonyl (C=O) groups excluding carboxylic acids is 1. The summed E-state index contributed by atoms with van der Waals surface area (Å²) in [6, 6.07) is 8.84. The van der Waals surface area contributed by atoms with Gasteiger partial charge in [0.1, 0.15) is 0 Å². The van der Waals surface area contributed by atoms with Gasteiger partial charge in [-0.25, -0.2) is 0 Å². The summed E-state index contributed by atoms with van der Waals surface area (Å²) in [5.74, 6) is 1.11. The van der Waals surface area contributed by atoms with Gasteiger partial charge in [-0.05, 0) is 35.8 Å². The number of nitrogens with one attached hydrogen (secondary N) is 1. The first-order valence-corrected chi connectivity index (χ1v) is 7.81. The van der Waals surface area contributed by atoms with Crippen LogP contribution in [-0.2, 0) is 17.6 Å². The first kappa shape index (κ1) is 16.7. The molecule has 2 nitrogen and oxygen atoms in total. The minimum Gasteiger partial charge on any atom is -0.353 e. The maximum absolute atomic E-state index is 12.0. The normalized spacial score (nSPS) is 11.4. The fourth-order valence-electron chi connectivity index (χ4n) is 2.56. The molecule has 20 heavy (non-hydrogen) atoms. The van der Waals surface area contributed by atoms with Gasteiger partial charge in [-0.1, -0.05) is 58.9 Å². The van der Waals surface area contributed by atoms with Crippen molar-refractivity contribution in [2.75, 3.05) is 0 Å². The standard InChI is InChI=1S/C18H29NO/c1-6-15-7-9-16(10-8-15)11-12-17(20)19-18(13(2)3)14(4)5/h7-10,13-14,18H,6,11-12H2,1-5H3,(H,19,20). The Bertz CT molecular complexity index is 398. The minimum atomic E-state index is 0.164. The summed E-state index contributed by atoms with van der Waals surface area (Å²) in [6.07, 6.45) is 2.45. The van der Waals surface area contributed by atoms with Crippen LogP contribution in [0.1, 0.15) is 52.2 Å². The largest absolute Gasteiger partial charge is 0.353 e. The molecule has 0 saturated carbocycles. The number of benzene rings is 1. The molecule has 0 unspecified atom stereocenters. The van der Waals surface area contributed by atoms with E-state index in [1.165, 1.54) is 11.1 Å². The third-order valence-corrected chi connectivity index (χ3v) is 3.84. The number of hydrogen-bond donors (Lipinski definition) is 1. The number of aryl methyl sites for hydroxylation is 2. The molecule has 1 rings (SSSR count). The van der Waals surface area contributed by atoms with E-state index < -0.39 is 0 Å². The summed E-state index contributed by atoms with van der Waals surface area (Å²) in [4.78, 5) is 12.0. The monoisotopic (exact) mass is 275 g/mol. The molecule has 0 bridgehead atoms. The highest BCUT2D eigenvalue weighted by Gasteiger charge is 2.19. The number of amides is 1. The SMILES string of the molecule is CCc1ccc(CCC(=O)NC(C(C)C)C(C)C)cc1. The predicted molar refractivity (Wildman–Crippen MR) is 85.7 cm³/mol. The third kappa shape index (κ3) is 5.36. The van der Waals surface area contributed by atoms with Crippen molar-refractivity contribution in [1.29, 1.82) is 0 Å². The summed E-state index contributed by atoms with van der Waals surface area (Å²) in [5, 5.41) is 3.17. The first-order valence-electron chi connectivity index (χ1n) is 7.81. The van der Waals surface area contributed by atoms with Crippen LogP contribution in [0.5, 0.6) is 0 Å². The molecule has 0 fully saturated rings. The Labute approximate surface area is 124 Å². The maximum atomic E-state index is 12.0. The summed E-state index contributed by atoms with van der Waals surface area (Å²) >= 11 is 0. The molecule has 1 amide bonds. The van der Waals surface area contributed by atoms with Gasteiger partial charge in [0, 0.05) is 12.5 Å². The molecule has 2 heteroatoms.